The number of anilines is 2. The highest BCUT2D eigenvalue weighted by Crippen LogP contribution is 2.38. The average molecular weight is 505 g/mol. The monoisotopic (exact) mass is 504 g/mol. The molecule has 0 aliphatic heterocycles. The SMILES string of the molecule is O=C(CN(c1ccc(Cl)c(C(F)(F)F)c1)S(=O)(=O)c1ccccc1)Nc1ccc(F)c(F)c1. The van der Waals surface area contributed by atoms with Gasteiger partial charge in [-0.15, -0.1) is 0 Å². The van der Waals surface area contributed by atoms with Crippen LogP contribution in [0.3, 0.4) is 0 Å². The van der Waals surface area contributed by atoms with Gasteiger partial charge in [-0.3, -0.25) is 9.10 Å². The van der Waals surface area contributed by atoms with Gasteiger partial charge in [0, 0.05) is 11.8 Å². The van der Waals surface area contributed by atoms with E-state index in [1.807, 2.05) is 0 Å². The molecular weight excluding hydrogens is 491 g/mol. The van der Waals surface area contributed by atoms with Crippen molar-refractivity contribution < 1.29 is 35.2 Å². The number of halogens is 6. The lowest BCUT2D eigenvalue weighted by Crippen LogP contribution is -2.38. The predicted octanol–water partition coefficient (Wildman–Crippen LogP) is 5.47. The van der Waals surface area contributed by atoms with Crippen molar-refractivity contribution in [3.05, 3.63) is 89.0 Å². The van der Waals surface area contributed by atoms with E-state index in [1.54, 1.807) is 0 Å². The van der Waals surface area contributed by atoms with Crippen LogP contribution in [0.1, 0.15) is 5.56 Å². The second-order valence-electron chi connectivity index (χ2n) is 6.66. The third-order valence-electron chi connectivity index (χ3n) is 4.37. The Morgan fingerprint density at radius 3 is 2.21 bits per heavy atom. The Hall–Kier alpha value is -3.18. The van der Waals surface area contributed by atoms with Gasteiger partial charge in [0.1, 0.15) is 6.54 Å². The molecule has 5 nitrogen and oxygen atoms in total. The summed E-state index contributed by atoms with van der Waals surface area (Å²) in [5.41, 5.74) is -1.95. The molecule has 0 saturated heterocycles. The van der Waals surface area contributed by atoms with Crippen LogP contribution in [0.25, 0.3) is 0 Å². The number of rotatable bonds is 6. The maximum atomic E-state index is 13.4. The Labute approximate surface area is 190 Å². The van der Waals surface area contributed by atoms with Gasteiger partial charge in [0.2, 0.25) is 5.91 Å². The molecule has 0 unspecified atom stereocenters. The normalized spacial score (nSPS) is 11.8. The first kappa shape index (κ1) is 24.5. The third kappa shape index (κ3) is 5.60. The van der Waals surface area contributed by atoms with E-state index in [-0.39, 0.29) is 10.6 Å². The Balaban J connectivity index is 2.03. The zero-order valence-electron chi connectivity index (χ0n) is 16.4. The minimum Gasteiger partial charge on any atom is -0.324 e. The smallest absolute Gasteiger partial charge is 0.324 e. The molecule has 0 heterocycles. The number of benzene rings is 3. The Kier molecular flexibility index (Phi) is 6.94. The van der Waals surface area contributed by atoms with Gasteiger partial charge in [-0.05, 0) is 42.5 Å². The van der Waals surface area contributed by atoms with Gasteiger partial charge in [-0.25, -0.2) is 17.2 Å². The highest BCUT2D eigenvalue weighted by Gasteiger charge is 2.35. The Bertz CT molecular complexity index is 1280. The molecule has 0 radical (unpaired) electrons. The second kappa shape index (κ2) is 9.36. The van der Waals surface area contributed by atoms with Gasteiger partial charge >= 0.3 is 6.18 Å². The summed E-state index contributed by atoms with van der Waals surface area (Å²) in [4.78, 5) is 12.3. The summed E-state index contributed by atoms with van der Waals surface area (Å²) in [7, 11) is -4.50. The second-order valence-corrected chi connectivity index (χ2v) is 8.93. The van der Waals surface area contributed by atoms with Gasteiger partial charge < -0.3 is 5.32 Å². The summed E-state index contributed by atoms with van der Waals surface area (Å²) in [6.45, 7) is -0.963. The van der Waals surface area contributed by atoms with Gasteiger partial charge in [-0.2, -0.15) is 13.2 Å². The fraction of sp³-hybridized carbons (Fsp3) is 0.0952. The zero-order valence-corrected chi connectivity index (χ0v) is 18.0. The minimum atomic E-state index is -4.89. The van der Waals surface area contributed by atoms with Crippen molar-refractivity contribution in [3.63, 3.8) is 0 Å². The number of nitrogens with zero attached hydrogens (tertiary/aromatic N) is 1. The lowest BCUT2D eigenvalue weighted by atomic mass is 10.2. The molecule has 0 aliphatic rings. The molecule has 0 bridgehead atoms. The highest BCUT2D eigenvalue weighted by molar-refractivity contribution is 7.92. The van der Waals surface area contributed by atoms with Crippen molar-refractivity contribution in [1.29, 1.82) is 0 Å². The van der Waals surface area contributed by atoms with Crippen molar-refractivity contribution in [3.8, 4) is 0 Å². The summed E-state index contributed by atoms with van der Waals surface area (Å²) in [5.74, 6) is -3.43. The van der Waals surface area contributed by atoms with E-state index in [4.69, 9.17) is 11.6 Å². The van der Waals surface area contributed by atoms with Crippen LogP contribution in [-0.4, -0.2) is 20.9 Å². The molecule has 3 aromatic rings. The first-order valence-electron chi connectivity index (χ1n) is 9.09. The molecule has 0 aromatic heterocycles. The van der Waals surface area contributed by atoms with Gasteiger partial charge in [0.25, 0.3) is 10.0 Å². The summed E-state index contributed by atoms with van der Waals surface area (Å²) in [6.07, 6.45) is -4.89. The number of alkyl halides is 3. The van der Waals surface area contributed by atoms with Crippen LogP contribution in [-0.2, 0) is 21.0 Å². The molecule has 174 valence electrons. The largest absolute Gasteiger partial charge is 0.417 e. The fourth-order valence-corrected chi connectivity index (χ4v) is 4.48. The Morgan fingerprint density at radius 2 is 1.61 bits per heavy atom. The van der Waals surface area contributed by atoms with E-state index in [0.29, 0.717) is 16.4 Å². The molecule has 0 aliphatic carbocycles. The Morgan fingerprint density at radius 1 is 0.939 bits per heavy atom. The molecule has 0 spiro atoms. The molecule has 0 fully saturated rings. The van der Waals surface area contributed by atoms with E-state index in [9.17, 15) is 35.2 Å². The molecule has 0 atom stereocenters. The summed E-state index contributed by atoms with van der Waals surface area (Å²) < 4.78 is 93.3. The van der Waals surface area contributed by atoms with Crippen molar-refractivity contribution in [2.24, 2.45) is 0 Å². The van der Waals surface area contributed by atoms with Crippen LogP contribution in [0.5, 0.6) is 0 Å². The van der Waals surface area contributed by atoms with Gasteiger partial charge in [0.15, 0.2) is 11.6 Å². The quantitative estimate of drug-likeness (QED) is 0.453. The maximum absolute atomic E-state index is 13.4. The van der Waals surface area contributed by atoms with Crippen molar-refractivity contribution in [2.45, 2.75) is 11.1 Å². The fourth-order valence-electron chi connectivity index (χ4n) is 2.83. The van der Waals surface area contributed by atoms with Crippen LogP contribution >= 0.6 is 11.6 Å². The molecular formula is C21H14ClF5N2O3S. The number of carbonyl (C=O) groups excluding carboxylic acids is 1. The lowest BCUT2D eigenvalue weighted by Gasteiger charge is -2.25. The van der Waals surface area contributed by atoms with E-state index < -0.39 is 56.6 Å². The molecule has 0 saturated carbocycles. The topological polar surface area (TPSA) is 66.5 Å². The molecule has 1 N–H and O–H groups in total. The van der Waals surface area contributed by atoms with E-state index >= 15 is 0 Å². The van der Waals surface area contributed by atoms with Gasteiger partial charge in [-0.1, -0.05) is 29.8 Å². The molecule has 3 rings (SSSR count). The molecule has 12 heteroatoms. The van der Waals surface area contributed by atoms with E-state index in [1.165, 1.54) is 30.3 Å². The molecule has 3 aromatic carbocycles. The summed E-state index contributed by atoms with van der Waals surface area (Å²) in [5, 5.41) is 1.53. The van der Waals surface area contributed by atoms with E-state index in [2.05, 4.69) is 5.32 Å². The molecule has 33 heavy (non-hydrogen) atoms. The van der Waals surface area contributed by atoms with Crippen molar-refractivity contribution >= 4 is 38.9 Å². The van der Waals surface area contributed by atoms with Crippen molar-refractivity contribution in [1.82, 2.24) is 0 Å². The lowest BCUT2D eigenvalue weighted by molar-refractivity contribution is -0.137. The number of amides is 1. The van der Waals surface area contributed by atoms with Crippen LogP contribution in [0.15, 0.2) is 71.6 Å². The first-order valence-corrected chi connectivity index (χ1v) is 10.9. The van der Waals surface area contributed by atoms with E-state index in [0.717, 1.165) is 24.3 Å². The number of hydrogen-bond acceptors (Lipinski definition) is 3. The van der Waals surface area contributed by atoms with Crippen LogP contribution in [0, 0.1) is 11.6 Å². The maximum Gasteiger partial charge on any atom is 0.417 e. The highest BCUT2D eigenvalue weighted by atomic mass is 35.5. The van der Waals surface area contributed by atoms with Gasteiger partial charge in [0.05, 0.1) is 21.2 Å². The van der Waals surface area contributed by atoms with Crippen LogP contribution in [0.2, 0.25) is 5.02 Å². The summed E-state index contributed by atoms with van der Waals surface area (Å²) in [6, 6.07) is 11.6. The zero-order chi connectivity index (χ0) is 24.4. The standard InChI is InChI=1S/C21H14ClF5N2O3S/c22-17-8-7-14(11-16(17)21(25,26)27)29(33(31,32)15-4-2-1-3-5-15)12-20(30)28-13-6-9-18(23)19(24)10-13/h1-11H,12H2,(H,28,30). The predicted molar refractivity (Wildman–Crippen MR) is 112 cm³/mol. The number of carbonyl (C=O) groups is 1. The average Bonchev–Trinajstić information content (AvgIpc) is 2.75. The van der Waals surface area contributed by atoms with Crippen molar-refractivity contribution in [2.75, 3.05) is 16.2 Å². The van der Waals surface area contributed by atoms with Crippen LogP contribution < -0.4 is 9.62 Å². The number of sulfonamides is 1. The molecule has 1 amide bonds. The minimum absolute atomic E-state index is 0.178. The third-order valence-corrected chi connectivity index (χ3v) is 6.48. The summed E-state index contributed by atoms with van der Waals surface area (Å²) >= 11 is 5.62. The number of hydrogen-bond donors (Lipinski definition) is 1. The first-order chi connectivity index (χ1) is 15.4. The number of nitrogens with one attached hydrogen (secondary N) is 1. The van der Waals surface area contributed by atoms with Crippen LogP contribution in [0.4, 0.5) is 33.3 Å².